The number of ketones is 1. The predicted molar refractivity (Wildman–Crippen MR) is 68.3 cm³/mol. The van der Waals surface area contributed by atoms with E-state index in [0.717, 1.165) is 10.0 Å². The topological polar surface area (TPSA) is 74.6 Å². The molecule has 0 aliphatic heterocycles. The highest BCUT2D eigenvalue weighted by Gasteiger charge is 2.49. The molecule has 1 aliphatic rings. The standard InChI is InChI=1S/C13H13BrO4/c14-9-3-1-8(2-4-9)11-6-5-10(15)7-13(11,18)12(16)17/h1-4,11,18H,5-7H2,(H,16,17). The van der Waals surface area contributed by atoms with Crippen LogP contribution in [-0.4, -0.2) is 27.6 Å². The zero-order chi connectivity index (χ0) is 13.3. The summed E-state index contributed by atoms with van der Waals surface area (Å²) in [5, 5.41) is 19.5. The van der Waals surface area contributed by atoms with E-state index in [-0.39, 0.29) is 12.2 Å². The molecule has 0 amide bonds. The van der Waals surface area contributed by atoms with Crippen LogP contribution in [0.3, 0.4) is 0 Å². The van der Waals surface area contributed by atoms with E-state index in [1.54, 1.807) is 24.3 Å². The Bertz CT molecular complexity index is 482. The van der Waals surface area contributed by atoms with Gasteiger partial charge < -0.3 is 10.2 Å². The van der Waals surface area contributed by atoms with Crippen molar-refractivity contribution < 1.29 is 19.8 Å². The van der Waals surface area contributed by atoms with Gasteiger partial charge in [-0.25, -0.2) is 4.79 Å². The van der Waals surface area contributed by atoms with Crippen LogP contribution in [0.15, 0.2) is 28.7 Å². The van der Waals surface area contributed by atoms with E-state index in [2.05, 4.69) is 15.9 Å². The SMILES string of the molecule is O=C1CCC(c2ccc(Br)cc2)C(O)(C(=O)O)C1. The summed E-state index contributed by atoms with van der Waals surface area (Å²) < 4.78 is 0.886. The number of carbonyl (C=O) groups is 2. The van der Waals surface area contributed by atoms with Gasteiger partial charge in [-0.15, -0.1) is 0 Å². The first-order chi connectivity index (χ1) is 8.43. The molecule has 18 heavy (non-hydrogen) atoms. The summed E-state index contributed by atoms with van der Waals surface area (Å²) in [6.45, 7) is 0. The Kier molecular flexibility index (Phi) is 3.54. The number of aliphatic carboxylic acids is 1. The first-order valence-corrected chi connectivity index (χ1v) is 6.46. The molecular formula is C13H13BrO4. The maximum absolute atomic E-state index is 11.4. The maximum atomic E-state index is 11.4. The van der Waals surface area contributed by atoms with E-state index in [0.29, 0.717) is 12.8 Å². The number of carboxylic acids is 1. The molecule has 1 aromatic rings. The van der Waals surface area contributed by atoms with Crippen molar-refractivity contribution in [1.82, 2.24) is 0 Å². The summed E-state index contributed by atoms with van der Waals surface area (Å²) in [6.07, 6.45) is 0.364. The van der Waals surface area contributed by atoms with Gasteiger partial charge >= 0.3 is 5.97 Å². The molecule has 4 nitrogen and oxygen atoms in total. The number of hydrogen-bond acceptors (Lipinski definition) is 3. The third kappa shape index (κ3) is 2.33. The molecule has 0 spiro atoms. The second kappa shape index (κ2) is 4.82. The Morgan fingerprint density at radius 2 is 1.94 bits per heavy atom. The van der Waals surface area contributed by atoms with Crippen LogP contribution < -0.4 is 0 Å². The minimum absolute atomic E-state index is 0.201. The summed E-state index contributed by atoms with van der Waals surface area (Å²) >= 11 is 3.30. The summed E-state index contributed by atoms with van der Waals surface area (Å²) in [4.78, 5) is 22.6. The van der Waals surface area contributed by atoms with Crippen LogP contribution in [0.2, 0.25) is 0 Å². The van der Waals surface area contributed by atoms with Crippen LogP contribution in [0.4, 0.5) is 0 Å². The van der Waals surface area contributed by atoms with Gasteiger partial charge in [0.05, 0.1) is 0 Å². The Labute approximate surface area is 113 Å². The smallest absolute Gasteiger partial charge is 0.336 e. The van der Waals surface area contributed by atoms with Crippen LogP contribution in [0.25, 0.3) is 0 Å². The minimum atomic E-state index is -1.98. The molecule has 96 valence electrons. The third-order valence-corrected chi connectivity index (χ3v) is 3.93. The first-order valence-electron chi connectivity index (χ1n) is 5.66. The van der Waals surface area contributed by atoms with Crippen molar-refractivity contribution in [3.05, 3.63) is 34.3 Å². The average Bonchev–Trinajstić information content (AvgIpc) is 2.30. The van der Waals surface area contributed by atoms with E-state index in [1.807, 2.05) is 0 Å². The number of Topliss-reactive ketones (excluding diaryl/α,β-unsaturated/α-hetero) is 1. The lowest BCUT2D eigenvalue weighted by Gasteiger charge is -2.36. The van der Waals surface area contributed by atoms with Crippen molar-refractivity contribution in [1.29, 1.82) is 0 Å². The lowest BCUT2D eigenvalue weighted by atomic mass is 9.71. The van der Waals surface area contributed by atoms with Gasteiger partial charge in [-0.05, 0) is 24.1 Å². The number of rotatable bonds is 2. The average molecular weight is 313 g/mol. The normalized spacial score (nSPS) is 28.1. The van der Waals surface area contributed by atoms with Gasteiger partial charge in [0.25, 0.3) is 0 Å². The number of aliphatic hydroxyl groups is 1. The van der Waals surface area contributed by atoms with Gasteiger partial charge in [0.15, 0.2) is 5.60 Å². The van der Waals surface area contributed by atoms with Crippen molar-refractivity contribution >= 4 is 27.7 Å². The fourth-order valence-corrected chi connectivity index (χ4v) is 2.68. The van der Waals surface area contributed by atoms with Crippen LogP contribution in [0.1, 0.15) is 30.7 Å². The van der Waals surface area contributed by atoms with E-state index in [9.17, 15) is 19.8 Å². The third-order valence-electron chi connectivity index (χ3n) is 3.40. The Hall–Kier alpha value is -1.20. The van der Waals surface area contributed by atoms with Crippen LogP contribution in [0, 0.1) is 0 Å². The molecule has 2 N–H and O–H groups in total. The lowest BCUT2D eigenvalue weighted by molar-refractivity contribution is -0.167. The van der Waals surface area contributed by atoms with Crippen molar-refractivity contribution in [2.45, 2.75) is 30.8 Å². The summed E-state index contributed by atoms with van der Waals surface area (Å²) in [5.41, 5.74) is -1.24. The number of hydrogen-bond donors (Lipinski definition) is 2. The van der Waals surface area contributed by atoms with E-state index in [1.165, 1.54) is 0 Å². The molecule has 1 saturated carbocycles. The van der Waals surface area contributed by atoms with Gasteiger partial charge in [-0.3, -0.25) is 4.79 Å². The maximum Gasteiger partial charge on any atom is 0.336 e. The molecule has 2 unspecified atom stereocenters. The molecule has 2 rings (SSSR count). The van der Waals surface area contributed by atoms with E-state index in [4.69, 9.17) is 0 Å². The highest BCUT2D eigenvalue weighted by atomic mass is 79.9. The second-order valence-corrected chi connectivity index (χ2v) is 5.50. The van der Waals surface area contributed by atoms with E-state index >= 15 is 0 Å². The number of carbonyl (C=O) groups excluding carboxylic acids is 1. The second-order valence-electron chi connectivity index (χ2n) is 4.59. The van der Waals surface area contributed by atoms with Gasteiger partial charge in [0, 0.05) is 23.2 Å². The van der Waals surface area contributed by atoms with Crippen molar-refractivity contribution in [2.24, 2.45) is 0 Å². The fraction of sp³-hybridized carbons (Fsp3) is 0.385. The summed E-state index contributed by atoms with van der Waals surface area (Å²) in [7, 11) is 0. The highest BCUT2D eigenvalue weighted by Crippen LogP contribution is 2.40. The summed E-state index contributed by atoms with van der Waals surface area (Å²) in [5.74, 6) is -2.07. The number of carboxylic acid groups (broad SMARTS) is 1. The lowest BCUT2D eigenvalue weighted by Crippen LogP contribution is -2.49. The van der Waals surface area contributed by atoms with Gasteiger partial charge in [-0.1, -0.05) is 28.1 Å². The largest absolute Gasteiger partial charge is 0.479 e. The molecule has 0 heterocycles. The molecule has 2 atom stereocenters. The Morgan fingerprint density at radius 1 is 1.33 bits per heavy atom. The van der Waals surface area contributed by atoms with Gasteiger partial charge in [0.1, 0.15) is 5.78 Å². The monoisotopic (exact) mass is 312 g/mol. The quantitative estimate of drug-likeness (QED) is 0.877. The zero-order valence-corrected chi connectivity index (χ0v) is 11.2. The zero-order valence-electron chi connectivity index (χ0n) is 9.60. The molecule has 5 heteroatoms. The molecule has 0 saturated heterocycles. The van der Waals surface area contributed by atoms with Gasteiger partial charge in [-0.2, -0.15) is 0 Å². The van der Waals surface area contributed by atoms with Crippen LogP contribution in [0.5, 0.6) is 0 Å². The van der Waals surface area contributed by atoms with Crippen molar-refractivity contribution in [3.8, 4) is 0 Å². The van der Waals surface area contributed by atoms with Crippen LogP contribution in [-0.2, 0) is 9.59 Å². The van der Waals surface area contributed by atoms with Crippen molar-refractivity contribution in [2.75, 3.05) is 0 Å². The molecule has 0 bridgehead atoms. The Morgan fingerprint density at radius 3 is 2.50 bits per heavy atom. The fourth-order valence-electron chi connectivity index (χ4n) is 2.42. The Balaban J connectivity index is 2.38. The van der Waals surface area contributed by atoms with Gasteiger partial charge in [0.2, 0.25) is 0 Å². The highest BCUT2D eigenvalue weighted by molar-refractivity contribution is 9.10. The van der Waals surface area contributed by atoms with E-state index < -0.39 is 17.5 Å². The van der Waals surface area contributed by atoms with Crippen LogP contribution >= 0.6 is 15.9 Å². The molecular weight excluding hydrogens is 300 g/mol. The molecule has 0 radical (unpaired) electrons. The predicted octanol–water partition coefficient (Wildman–Crippen LogP) is 2.10. The number of benzene rings is 1. The molecule has 1 aliphatic carbocycles. The van der Waals surface area contributed by atoms with Crippen molar-refractivity contribution in [3.63, 3.8) is 0 Å². The molecule has 1 aromatic carbocycles. The first kappa shape index (κ1) is 13.2. The molecule has 1 fully saturated rings. The minimum Gasteiger partial charge on any atom is -0.479 e. The number of halogens is 1. The molecule has 0 aromatic heterocycles. The summed E-state index contributed by atoms with van der Waals surface area (Å²) in [6, 6.07) is 7.15.